The van der Waals surface area contributed by atoms with Gasteiger partial charge < -0.3 is 30.5 Å². The van der Waals surface area contributed by atoms with Crippen LogP contribution in [0.15, 0.2) is 32.8 Å². The van der Waals surface area contributed by atoms with Crippen LogP contribution in [0.25, 0.3) is 0 Å². The molecule has 0 saturated carbocycles. The van der Waals surface area contributed by atoms with Crippen molar-refractivity contribution in [1.82, 2.24) is 19.1 Å². The Hall–Kier alpha value is -2.84. The van der Waals surface area contributed by atoms with E-state index < -0.39 is 35.4 Å². The van der Waals surface area contributed by atoms with E-state index >= 15 is 0 Å². The van der Waals surface area contributed by atoms with Gasteiger partial charge in [-0.15, -0.1) is 0 Å². The molecular weight excluding hydrogens is 450 g/mol. The number of H-pyrrole nitrogens is 1. The molecule has 2 aromatic rings. The van der Waals surface area contributed by atoms with Crippen molar-refractivity contribution in [3.05, 3.63) is 55.3 Å². The molecule has 5 atom stereocenters. The lowest BCUT2D eigenvalue weighted by atomic mass is 10.2. The van der Waals surface area contributed by atoms with Gasteiger partial charge in [0.25, 0.3) is 5.56 Å². The van der Waals surface area contributed by atoms with E-state index in [9.17, 15) is 19.5 Å². The predicted octanol–water partition coefficient (Wildman–Crippen LogP) is -0.993. The SMILES string of the molecule is CC.Cc1cn(C2CC(O)C(CO)O2)c(=O)[nH]c1=O.Nc1ccn(C2CCC(CO)O2)c(=O)n1. The molecular formula is C21H33N5O8. The van der Waals surface area contributed by atoms with E-state index in [0.29, 0.717) is 12.0 Å². The lowest BCUT2D eigenvalue weighted by molar-refractivity contribution is -0.0459. The molecule has 2 aliphatic rings. The zero-order valence-electron chi connectivity index (χ0n) is 19.5. The summed E-state index contributed by atoms with van der Waals surface area (Å²) in [5, 5.41) is 27.4. The van der Waals surface area contributed by atoms with Crippen LogP contribution in [0.2, 0.25) is 0 Å². The predicted molar refractivity (Wildman–Crippen MR) is 122 cm³/mol. The number of aromatic nitrogens is 4. The van der Waals surface area contributed by atoms with Gasteiger partial charge in [0.15, 0.2) is 0 Å². The molecule has 0 radical (unpaired) electrons. The summed E-state index contributed by atoms with van der Waals surface area (Å²) in [5.74, 6) is 0.202. The summed E-state index contributed by atoms with van der Waals surface area (Å²) in [4.78, 5) is 40.0. The standard InChI is InChI=1S/C10H14N2O5.C9H13N3O3.C2H6/c1-5-3-12(10(16)11-9(5)15)8-2-6(14)7(4-13)17-8;10-7-3-4-12(9(14)11-7)8-2-1-6(5-13)15-8;1-2/h3,6-8,13-14H,2,4H2,1H3,(H,11,15,16);3-4,6,8,13H,1-2,5H2,(H2,10,11,14);1-2H3. The van der Waals surface area contributed by atoms with Gasteiger partial charge in [-0.1, -0.05) is 13.8 Å². The van der Waals surface area contributed by atoms with Crippen LogP contribution in [0, 0.1) is 6.92 Å². The molecule has 4 heterocycles. The van der Waals surface area contributed by atoms with Crippen LogP contribution in [-0.2, 0) is 9.47 Å². The molecule has 2 aliphatic heterocycles. The van der Waals surface area contributed by atoms with Gasteiger partial charge in [0, 0.05) is 24.4 Å². The molecule has 13 nitrogen and oxygen atoms in total. The van der Waals surface area contributed by atoms with Crippen LogP contribution in [0.4, 0.5) is 5.82 Å². The number of ether oxygens (including phenoxy) is 2. The van der Waals surface area contributed by atoms with E-state index in [1.54, 1.807) is 19.2 Å². The Morgan fingerprint density at radius 3 is 2.38 bits per heavy atom. The second-order valence-corrected chi connectivity index (χ2v) is 7.61. The van der Waals surface area contributed by atoms with E-state index in [1.807, 2.05) is 13.8 Å². The van der Waals surface area contributed by atoms with Crippen LogP contribution in [0.1, 0.15) is 51.1 Å². The zero-order valence-corrected chi connectivity index (χ0v) is 19.5. The molecule has 0 aromatic carbocycles. The molecule has 5 unspecified atom stereocenters. The first-order valence-electron chi connectivity index (χ1n) is 11.1. The molecule has 2 saturated heterocycles. The van der Waals surface area contributed by atoms with Gasteiger partial charge >= 0.3 is 11.4 Å². The number of nitrogens with two attached hydrogens (primary N) is 1. The van der Waals surface area contributed by atoms with Gasteiger partial charge in [-0.3, -0.25) is 18.9 Å². The number of aryl methyl sites for hydroxylation is 1. The fourth-order valence-electron chi connectivity index (χ4n) is 3.52. The fourth-order valence-corrected chi connectivity index (χ4v) is 3.52. The minimum absolute atomic E-state index is 0.0202. The number of rotatable bonds is 4. The Kier molecular flexibility index (Phi) is 10.1. The normalized spacial score (nSPS) is 25.8. The number of anilines is 1. The Labute approximate surface area is 195 Å². The third-order valence-corrected chi connectivity index (χ3v) is 5.29. The topological polar surface area (TPSA) is 195 Å². The summed E-state index contributed by atoms with van der Waals surface area (Å²) in [6, 6.07) is 1.55. The van der Waals surface area contributed by atoms with E-state index in [-0.39, 0.29) is 37.8 Å². The highest BCUT2D eigenvalue weighted by Gasteiger charge is 2.35. The summed E-state index contributed by atoms with van der Waals surface area (Å²) in [7, 11) is 0. The quantitative estimate of drug-likeness (QED) is 0.360. The van der Waals surface area contributed by atoms with E-state index in [0.717, 1.165) is 6.42 Å². The van der Waals surface area contributed by atoms with Crippen molar-refractivity contribution >= 4 is 5.82 Å². The second kappa shape index (κ2) is 12.6. The van der Waals surface area contributed by atoms with Gasteiger partial charge in [-0.05, 0) is 25.8 Å². The van der Waals surface area contributed by atoms with Crippen molar-refractivity contribution in [1.29, 1.82) is 0 Å². The Balaban J connectivity index is 0.000000225. The molecule has 34 heavy (non-hydrogen) atoms. The first kappa shape index (κ1) is 27.4. The summed E-state index contributed by atoms with van der Waals surface area (Å²) >= 11 is 0. The van der Waals surface area contributed by atoms with Crippen LogP contribution in [-0.4, -0.2) is 65.9 Å². The maximum atomic E-state index is 11.6. The minimum atomic E-state index is -0.816. The van der Waals surface area contributed by atoms with Gasteiger partial charge in [0.2, 0.25) is 0 Å². The molecule has 0 aliphatic carbocycles. The summed E-state index contributed by atoms with van der Waals surface area (Å²) in [5.41, 5.74) is 4.31. The molecule has 6 N–H and O–H groups in total. The fraction of sp³-hybridized carbons (Fsp3) is 0.619. The third-order valence-electron chi connectivity index (χ3n) is 5.29. The maximum Gasteiger partial charge on any atom is 0.351 e. The molecule has 4 rings (SSSR count). The van der Waals surface area contributed by atoms with Gasteiger partial charge in [-0.2, -0.15) is 4.98 Å². The summed E-state index contributed by atoms with van der Waals surface area (Å²) in [6.07, 6.45) is 1.93. The molecule has 2 aromatic heterocycles. The smallest absolute Gasteiger partial charge is 0.351 e. The van der Waals surface area contributed by atoms with Gasteiger partial charge in [0.05, 0.1) is 25.4 Å². The second-order valence-electron chi connectivity index (χ2n) is 7.61. The van der Waals surface area contributed by atoms with Crippen molar-refractivity contribution in [2.45, 2.75) is 70.8 Å². The molecule has 0 bridgehead atoms. The van der Waals surface area contributed by atoms with Gasteiger partial charge in [-0.25, -0.2) is 9.59 Å². The lowest BCUT2D eigenvalue weighted by Crippen LogP contribution is -2.33. The van der Waals surface area contributed by atoms with E-state index in [4.69, 9.17) is 25.4 Å². The van der Waals surface area contributed by atoms with Crippen molar-refractivity contribution < 1.29 is 24.8 Å². The van der Waals surface area contributed by atoms with Crippen molar-refractivity contribution in [3.8, 4) is 0 Å². The number of aromatic amines is 1. The Morgan fingerprint density at radius 1 is 1.12 bits per heavy atom. The zero-order chi connectivity index (χ0) is 25.4. The van der Waals surface area contributed by atoms with E-state index in [2.05, 4.69) is 9.97 Å². The monoisotopic (exact) mass is 483 g/mol. The van der Waals surface area contributed by atoms with Gasteiger partial charge in [0.1, 0.15) is 24.4 Å². The molecule has 0 spiro atoms. The Bertz CT molecular complexity index is 1100. The van der Waals surface area contributed by atoms with Crippen molar-refractivity contribution in [2.75, 3.05) is 18.9 Å². The average molecular weight is 484 g/mol. The number of aliphatic hydroxyl groups is 3. The molecule has 2 fully saturated rings. The summed E-state index contributed by atoms with van der Waals surface area (Å²) in [6.45, 7) is 5.24. The Morgan fingerprint density at radius 2 is 1.82 bits per heavy atom. The first-order chi connectivity index (χ1) is 16.2. The number of hydrogen-bond donors (Lipinski definition) is 5. The summed E-state index contributed by atoms with van der Waals surface area (Å²) < 4.78 is 13.4. The third kappa shape index (κ3) is 6.61. The molecule has 190 valence electrons. The number of nitrogens with one attached hydrogen (secondary N) is 1. The van der Waals surface area contributed by atoms with Crippen LogP contribution in [0.5, 0.6) is 0 Å². The highest BCUT2D eigenvalue weighted by Crippen LogP contribution is 2.27. The number of nitrogen functional groups attached to an aromatic ring is 1. The first-order valence-corrected chi connectivity index (χ1v) is 11.1. The lowest BCUT2D eigenvalue weighted by Gasteiger charge is -2.14. The van der Waals surface area contributed by atoms with Crippen LogP contribution >= 0.6 is 0 Å². The van der Waals surface area contributed by atoms with Crippen molar-refractivity contribution in [3.63, 3.8) is 0 Å². The molecule has 0 amide bonds. The maximum absolute atomic E-state index is 11.6. The van der Waals surface area contributed by atoms with E-state index in [1.165, 1.54) is 15.3 Å². The highest BCUT2D eigenvalue weighted by atomic mass is 16.5. The van der Waals surface area contributed by atoms with Crippen molar-refractivity contribution in [2.24, 2.45) is 0 Å². The largest absolute Gasteiger partial charge is 0.394 e. The van der Waals surface area contributed by atoms with Crippen LogP contribution in [0.3, 0.4) is 0 Å². The molecule has 13 heteroatoms. The minimum Gasteiger partial charge on any atom is -0.394 e. The number of hydrogen-bond acceptors (Lipinski definition) is 10. The number of aliphatic hydroxyl groups excluding tert-OH is 3. The highest BCUT2D eigenvalue weighted by molar-refractivity contribution is 5.23. The number of nitrogens with zero attached hydrogens (tertiary/aromatic N) is 3. The van der Waals surface area contributed by atoms with Crippen LogP contribution < -0.4 is 22.7 Å². The average Bonchev–Trinajstić information content (AvgIpc) is 3.44.